The Morgan fingerprint density at radius 1 is 1.41 bits per heavy atom. The summed E-state index contributed by atoms with van der Waals surface area (Å²) in [5.41, 5.74) is 0.755. The van der Waals surface area contributed by atoms with Gasteiger partial charge in [0, 0.05) is 18.7 Å². The quantitative estimate of drug-likeness (QED) is 0.789. The van der Waals surface area contributed by atoms with Gasteiger partial charge in [0.25, 0.3) is 5.91 Å². The summed E-state index contributed by atoms with van der Waals surface area (Å²) in [5.74, 6) is 0.978. The summed E-state index contributed by atoms with van der Waals surface area (Å²) in [5, 5.41) is 0. The molecule has 1 aliphatic heterocycles. The summed E-state index contributed by atoms with van der Waals surface area (Å²) in [4.78, 5) is 13.9. The van der Waals surface area contributed by atoms with Crippen molar-refractivity contribution < 1.29 is 9.53 Å². The molecule has 1 aromatic rings. The SMILES string of the molecule is CC(C)Oc1ccc(C(=O)N2CCC2)cc1I. The van der Waals surface area contributed by atoms with Crippen LogP contribution in [-0.2, 0) is 0 Å². The number of carbonyl (C=O) groups excluding carboxylic acids is 1. The number of hydrogen-bond acceptors (Lipinski definition) is 2. The zero-order valence-electron chi connectivity index (χ0n) is 10.1. The Morgan fingerprint density at radius 3 is 2.59 bits per heavy atom. The standard InChI is InChI=1S/C13H16INO2/c1-9(2)17-12-5-4-10(8-11(12)14)13(16)15-6-3-7-15/h4-5,8-9H,3,6-7H2,1-2H3. The predicted molar refractivity (Wildman–Crippen MR) is 75.4 cm³/mol. The lowest BCUT2D eigenvalue weighted by molar-refractivity contribution is 0.0651. The molecule has 0 unspecified atom stereocenters. The zero-order chi connectivity index (χ0) is 12.4. The van der Waals surface area contributed by atoms with Gasteiger partial charge >= 0.3 is 0 Å². The van der Waals surface area contributed by atoms with Crippen molar-refractivity contribution in [2.24, 2.45) is 0 Å². The molecule has 2 rings (SSSR count). The molecule has 0 atom stereocenters. The van der Waals surface area contributed by atoms with Gasteiger partial charge in [-0.05, 0) is 61.1 Å². The van der Waals surface area contributed by atoms with E-state index in [1.807, 2.05) is 36.9 Å². The first kappa shape index (κ1) is 12.7. The molecule has 0 bridgehead atoms. The Bertz CT molecular complexity index is 427. The second-order valence-electron chi connectivity index (χ2n) is 4.46. The van der Waals surface area contributed by atoms with Crippen molar-refractivity contribution >= 4 is 28.5 Å². The molecule has 0 aromatic heterocycles. The van der Waals surface area contributed by atoms with Crippen molar-refractivity contribution in [3.05, 3.63) is 27.3 Å². The third-order valence-electron chi connectivity index (χ3n) is 2.68. The van der Waals surface area contributed by atoms with Crippen molar-refractivity contribution in [2.75, 3.05) is 13.1 Å². The molecule has 0 saturated carbocycles. The van der Waals surface area contributed by atoms with Gasteiger partial charge in [-0.15, -0.1) is 0 Å². The first-order valence-electron chi connectivity index (χ1n) is 5.83. The average Bonchev–Trinajstić information content (AvgIpc) is 2.17. The molecule has 0 N–H and O–H groups in total. The number of amides is 1. The Labute approximate surface area is 115 Å². The van der Waals surface area contributed by atoms with E-state index >= 15 is 0 Å². The number of likely N-dealkylation sites (tertiary alicyclic amines) is 1. The number of hydrogen-bond donors (Lipinski definition) is 0. The fourth-order valence-electron chi connectivity index (χ4n) is 1.69. The van der Waals surface area contributed by atoms with E-state index < -0.39 is 0 Å². The van der Waals surface area contributed by atoms with E-state index in [2.05, 4.69) is 22.6 Å². The fourth-order valence-corrected chi connectivity index (χ4v) is 2.33. The highest BCUT2D eigenvalue weighted by Crippen LogP contribution is 2.24. The molecule has 1 fully saturated rings. The monoisotopic (exact) mass is 345 g/mol. The lowest BCUT2D eigenvalue weighted by Crippen LogP contribution is -2.42. The number of benzene rings is 1. The van der Waals surface area contributed by atoms with E-state index in [0.717, 1.165) is 34.4 Å². The van der Waals surface area contributed by atoms with Gasteiger partial charge in [-0.25, -0.2) is 0 Å². The average molecular weight is 345 g/mol. The lowest BCUT2D eigenvalue weighted by atomic mass is 10.1. The maximum Gasteiger partial charge on any atom is 0.253 e. The van der Waals surface area contributed by atoms with Crippen LogP contribution in [0.15, 0.2) is 18.2 Å². The van der Waals surface area contributed by atoms with Gasteiger partial charge in [-0.3, -0.25) is 4.79 Å². The van der Waals surface area contributed by atoms with Crippen LogP contribution in [0.25, 0.3) is 0 Å². The van der Waals surface area contributed by atoms with E-state index in [4.69, 9.17) is 4.74 Å². The molecule has 1 aromatic carbocycles. The second kappa shape index (κ2) is 5.25. The minimum absolute atomic E-state index is 0.130. The summed E-state index contributed by atoms with van der Waals surface area (Å²) >= 11 is 2.21. The molecule has 0 aliphatic carbocycles. The fraction of sp³-hybridized carbons (Fsp3) is 0.462. The highest BCUT2D eigenvalue weighted by molar-refractivity contribution is 14.1. The Kier molecular flexibility index (Phi) is 3.91. The third-order valence-corrected chi connectivity index (χ3v) is 3.53. The van der Waals surface area contributed by atoms with E-state index in [0.29, 0.717) is 0 Å². The Balaban J connectivity index is 2.15. The van der Waals surface area contributed by atoms with E-state index in [1.54, 1.807) is 0 Å². The summed E-state index contributed by atoms with van der Waals surface area (Å²) < 4.78 is 6.64. The van der Waals surface area contributed by atoms with Crippen LogP contribution in [0.5, 0.6) is 5.75 Å². The minimum Gasteiger partial charge on any atom is -0.490 e. The molecule has 0 spiro atoms. The van der Waals surface area contributed by atoms with Gasteiger partial charge in [-0.2, -0.15) is 0 Å². The second-order valence-corrected chi connectivity index (χ2v) is 5.62. The molecular formula is C13H16INO2. The van der Waals surface area contributed by atoms with Gasteiger partial charge < -0.3 is 9.64 Å². The van der Waals surface area contributed by atoms with Crippen LogP contribution >= 0.6 is 22.6 Å². The molecule has 17 heavy (non-hydrogen) atoms. The number of nitrogens with zero attached hydrogens (tertiary/aromatic N) is 1. The first-order chi connectivity index (χ1) is 8.08. The summed E-state index contributed by atoms with van der Waals surface area (Å²) in [7, 11) is 0. The van der Waals surface area contributed by atoms with Gasteiger partial charge in [0.1, 0.15) is 5.75 Å². The van der Waals surface area contributed by atoms with Gasteiger partial charge in [-0.1, -0.05) is 0 Å². The maximum absolute atomic E-state index is 12.0. The molecule has 3 nitrogen and oxygen atoms in total. The topological polar surface area (TPSA) is 29.5 Å². The van der Waals surface area contributed by atoms with Crippen molar-refractivity contribution in [1.82, 2.24) is 4.90 Å². The first-order valence-corrected chi connectivity index (χ1v) is 6.91. The molecular weight excluding hydrogens is 329 g/mol. The molecule has 4 heteroatoms. The zero-order valence-corrected chi connectivity index (χ0v) is 12.2. The minimum atomic E-state index is 0.130. The molecule has 0 radical (unpaired) electrons. The predicted octanol–water partition coefficient (Wildman–Crippen LogP) is 2.92. The number of carbonyl (C=O) groups is 1. The summed E-state index contributed by atoms with van der Waals surface area (Å²) in [6.45, 7) is 5.77. The summed E-state index contributed by atoms with van der Waals surface area (Å²) in [6, 6.07) is 5.63. The lowest BCUT2D eigenvalue weighted by Gasteiger charge is -2.31. The van der Waals surface area contributed by atoms with Crippen molar-refractivity contribution in [2.45, 2.75) is 26.4 Å². The normalized spacial score (nSPS) is 14.7. The van der Waals surface area contributed by atoms with Crippen LogP contribution in [0.1, 0.15) is 30.6 Å². The van der Waals surface area contributed by atoms with E-state index in [9.17, 15) is 4.79 Å². The highest BCUT2D eigenvalue weighted by atomic mass is 127. The Morgan fingerprint density at radius 2 is 2.12 bits per heavy atom. The van der Waals surface area contributed by atoms with E-state index in [1.165, 1.54) is 0 Å². The molecule has 1 saturated heterocycles. The molecule has 92 valence electrons. The number of halogens is 1. The largest absolute Gasteiger partial charge is 0.490 e. The number of rotatable bonds is 3. The van der Waals surface area contributed by atoms with Crippen molar-refractivity contribution in [1.29, 1.82) is 0 Å². The van der Waals surface area contributed by atoms with Crippen LogP contribution in [0, 0.1) is 3.57 Å². The third kappa shape index (κ3) is 2.91. The van der Waals surface area contributed by atoms with Crippen LogP contribution in [0.3, 0.4) is 0 Å². The molecule has 1 aliphatic rings. The van der Waals surface area contributed by atoms with Crippen LogP contribution < -0.4 is 4.74 Å². The van der Waals surface area contributed by atoms with Gasteiger partial charge in [0.15, 0.2) is 0 Å². The van der Waals surface area contributed by atoms with Crippen LogP contribution in [-0.4, -0.2) is 30.0 Å². The number of ether oxygens (including phenoxy) is 1. The molecule has 1 heterocycles. The maximum atomic E-state index is 12.0. The van der Waals surface area contributed by atoms with Crippen molar-refractivity contribution in [3.8, 4) is 5.75 Å². The van der Waals surface area contributed by atoms with Crippen LogP contribution in [0.2, 0.25) is 0 Å². The highest BCUT2D eigenvalue weighted by Gasteiger charge is 2.22. The Hall–Kier alpha value is -0.780. The van der Waals surface area contributed by atoms with Crippen molar-refractivity contribution in [3.63, 3.8) is 0 Å². The van der Waals surface area contributed by atoms with E-state index in [-0.39, 0.29) is 12.0 Å². The summed E-state index contributed by atoms with van der Waals surface area (Å²) in [6.07, 6.45) is 1.28. The van der Waals surface area contributed by atoms with Crippen LogP contribution in [0.4, 0.5) is 0 Å². The van der Waals surface area contributed by atoms with Gasteiger partial charge in [0.05, 0.1) is 9.67 Å². The molecule has 1 amide bonds. The van der Waals surface area contributed by atoms with Gasteiger partial charge in [0.2, 0.25) is 0 Å². The smallest absolute Gasteiger partial charge is 0.253 e.